The van der Waals surface area contributed by atoms with Crippen LogP contribution >= 0.6 is 0 Å². The highest BCUT2D eigenvalue weighted by Gasteiger charge is 2.71. The summed E-state index contributed by atoms with van der Waals surface area (Å²) in [4.78, 5) is 0. The average Bonchev–Trinajstić information content (AvgIpc) is 3.20. The summed E-state index contributed by atoms with van der Waals surface area (Å²) in [5, 5.41) is 48.8. The third kappa shape index (κ3) is 2.43. The lowest BCUT2D eigenvalue weighted by Crippen LogP contribution is -2.60. The van der Waals surface area contributed by atoms with E-state index in [9.17, 15) is 25.5 Å². The number of fused-ring (bicyclic) bond motifs is 3. The molecule has 1 saturated carbocycles. The maximum Gasteiger partial charge on any atom is 0.189 e. The molecule has 4 rings (SSSR count). The van der Waals surface area contributed by atoms with Crippen LogP contribution in [0.3, 0.4) is 0 Å². The van der Waals surface area contributed by atoms with Crippen LogP contribution in [-0.2, 0) is 18.9 Å². The second-order valence-corrected chi connectivity index (χ2v) is 7.10. The van der Waals surface area contributed by atoms with Crippen molar-refractivity contribution in [3.63, 3.8) is 0 Å². The molecule has 4 fully saturated rings. The van der Waals surface area contributed by atoms with Crippen LogP contribution in [0.2, 0.25) is 0 Å². The Labute approximate surface area is 138 Å². The second-order valence-electron chi connectivity index (χ2n) is 7.10. The molecule has 3 aliphatic heterocycles. The van der Waals surface area contributed by atoms with Crippen LogP contribution in [0.4, 0.5) is 0 Å². The minimum atomic E-state index is -1.50. The molecule has 0 bridgehead atoms. The molecule has 0 radical (unpaired) electrons. The summed E-state index contributed by atoms with van der Waals surface area (Å²) in [5.74, 6) is 0.105. The van der Waals surface area contributed by atoms with E-state index in [0.717, 1.165) is 12.8 Å². The van der Waals surface area contributed by atoms with Gasteiger partial charge in [-0.05, 0) is 18.8 Å². The topological polar surface area (TPSA) is 141 Å². The zero-order chi connectivity index (χ0) is 17.1. The van der Waals surface area contributed by atoms with Crippen LogP contribution in [0.25, 0.3) is 0 Å². The zero-order valence-electron chi connectivity index (χ0n) is 13.1. The van der Waals surface area contributed by atoms with Gasteiger partial charge in [-0.2, -0.15) is 0 Å². The molecule has 138 valence electrons. The van der Waals surface area contributed by atoms with Gasteiger partial charge in [0.05, 0.1) is 25.9 Å². The first-order chi connectivity index (χ1) is 11.5. The van der Waals surface area contributed by atoms with E-state index in [4.69, 9.17) is 18.9 Å². The van der Waals surface area contributed by atoms with Crippen molar-refractivity contribution in [2.24, 2.45) is 11.8 Å². The minimum absolute atomic E-state index is 0.0000930. The molecule has 9 nitrogen and oxygen atoms in total. The summed E-state index contributed by atoms with van der Waals surface area (Å²) in [7, 11) is 0. The largest absolute Gasteiger partial charge is 0.394 e. The normalized spacial score (nSPS) is 56.6. The Morgan fingerprint density at radius 1 is 1.04 bits per heavy atom. The Morgan fingerprint density at radius 3 is 2.54 bits per heavy atom. The van der Waals surface area contributed by atoms with Gasteiger partial charge in [0.1, 0.15) is 30.0 Å². The molecule has 24 heavy (non-hydrogen) atoms. The summed E-state index contributed by atoms with van der Waals surface area (Å²) >= 11 is 0. The lowest BCUT2D eigenvalue weighted by molar-refractivity contribution is -0.354. The molecular formula is C15H24O9. The number of hydrogen-bond acceptors (Lipinski definition) is 9. The summed E-state index contributed by atoms with van der Waals surface area (Å²) in [6.45, 7) is -0.164. The standard InChI is InChI=1S/C15H24O9/c16-4-7-10(18)11(19)12(20)14(22-7)23-13-9-6(1-2-21-13)3-8-15(9,5-17)24-8/h6-14,16-20H,1-5H2/t6-,7-,8-,9+,10-,11+,12-,13-,14+,15-/m0/s1. The summed E-state index contributed by atoms with van der Waals surface area (Å²) in [6, 6.07) is 0. The number of hydrogen-bond donors (Lipinski definition) is 5. The Bertz CT molecular complexity index is 470. The SMILES string of the molecule is OC[C@@H]1O[C@H](O[C@@H]2OCC[C@H]3C[C@@H]4O[C@]4(CO)[C@H]32)[C@@H](O)[C@H](O)[C@H]1O. The van der Waals surface area contributed by atoms with Crippen molar-refractivity contribution in [3.05, 3.63) is 0 Å². The fraction of sp³-hybridized carbons (Fsp3) is 1.00. The van der Waals surface area contributed by atoms with E-state index >= 15 is 0 Å². The van der Waals surface area contributed by atoms with Gasteiger partial charge >= 0.3 is 0 Å². The van der Waals surface area contributed by atoms with Gasteiger partial charge in [0.25, 0.3) is 0 Å². The Balaban J connectivity index is 1.49. The molecule has 9 heteroatoms. The predicted octanol–water partition coefficient (Wildman–Crippen LogP) is -2.68. The quantitative estimate of drug-likeness (QED) is 0.343. The first kappa shape index (κ1) is 17.1. The molecule has 4 aliphatic rings. The third-order valence-electron chi connectivity index (χ3n) is 5.87. The van der Waals surface area contributed by atoms with Crippen LogP contribution in [0.1, 0.15) is 12.8 Å². The van der Waals surface area contributed by atoms with Crippen molar-refractivity contribution in [3.8, 4) is 0 Å². The van der Waals surface area contributed by atoms with Crippen LogP contribution in [-0.4, -0.2) is 94.1 Å². The fourth-order valence-electron chi connectivity index (χ4n) is 4.46. The highest BCUT2D eigenvalue weighted by Crippen LogP contribution is 2.60. The molecule has 0 aromatic heterocycles. The van der Waals surface area contributed by atoms with E-state index in [-0.39, 0.29) is 18.6 Å². The highest BCUT2D eigenvalue weighted by molar-refractivity contribution is 5.16. The average molecular weight is 348 g/mol. The molecule has 3 heterocycles. The van der Waals surface area contributed by atoms with Gasteiger partial charge in [-0.1, -0.05) is 0 Å². The molecule has 0 aromatic carbocycles. The van der Waals surface area contributed by atoms with Gasteiger partial charge in [0, 0.05) is 5.92 Å². The molecule has 0 aromatic rings. The van der Waals surface area contributed by atoms with Gasteiger partial charge in [0.15, 0.2) is 12.6 Å². The summed E-state index contributed by atoms with van der Waals surface area (Å²) < 4.78 is 22.5. The van der Waals surface area contributed by atoms with E-state index < -0.39 is 49.2 Å². The van der Waals surface area contributed by atoms with Crippen molar-refractivity contribution < 1.29 is 44.5 Å². The highest BCUT2D eigenvalue weighted by atomic mass is 16.8. The van der Waals surface area contributed by atoms with Gasteiger partial charge in [-0.15, -0.1) is 0 Å². The lowest BCUT2D eigenvalue weighted by atomic mass is 9.84. The number of aliphatic hydroxyl groups excluding tert-OH is 5. The minimum Gasteiger partial charge on any atom is -0.394 e. The number of epoxide rings is 1. The maximum absolute atomic E-state index is 10.1. The van der Waals surface area contributed by atoms with Gasteiger partial charge in [0.2, 0.25) is 0 Å². The molecule has 0 amide bonds. The molecule has 1 aliphatic carbocycles. The Hall–Kier alpha value is -0.360. The lowest BCUT2D eigenvalue weighted by Gasteiger charge is -2.44. The second kappa shape index (κ2) is 6.11. The van der Waals surface area contributed by atoms with Crippen molar-refractivity contribution in [1.82, 2.24) is 0 Å². The summed E-state index contributed by atoms with van der Waals surface area (Å²) in [6.07, 6.45) is -5.77. The Kier molecular flexibility index (Phi) is 4.35. The molecular weight excluding hydrogens is 324 g/mol. The Morgan fingerprint density at radius 2 is 1.83 bits per heavy atom. The first-order valence-electron chi connectivity index (χ1n) is 8.38. The molecule has 10 atom stereocenters. The van der Waals surface area contributed by atoms with E-state index in [1.165, 1.54) is 0 Å². The zero-order valence-corrected chi connectivity index (χ0v) is 13.1. The van der Waals surface area contributed by atoms with Crippen LogP contribution in [0.15, 0.2) is 0 Å². The summed E-state index contributed by atoms with van der Waals surface area (Å²) in [5.41, 5.74) is -0.663. The van der Waals surface area contributed by atoms with E-state index in [0.29, 0.717) is 12.5 Å². The number of rotatable bonds is 4. The van der Waals surface area contributed by atoms with E-state index in [1.807, 2.05) is 0 Å². The van der Waals surface area contributed by atoms with Crippen molar-refractivity contribution in [1.29, 1.82) is 0 Å². The smallest absolute Gasteiger partial charge is 0.189 e. The molecule has 0 spiro atoms. The van der Waals surface area contributed by atoms with Crippen molar-refractivity contribution in [2.45, 2.75) is 61.5 Å². The third-order valence-corrected chi connectivity index (χ3v) is 5.87. The van der Waals surface area contributed by atoms with E-state index in [2.05, 4.69) is 0 Å². The van der Waals surface area contributed by atoms with Gasteiger partial charge in [-0.3, -0.25) is 0 Å². The van der Waals surface area contributed by atoms with Crippen LogP contribution in [0.5, 0.6) is 0 Å². The maximum atomic E-state index is 10.1. The first-order valence-corrected chi connectivity index (χ1v) is 8.38. The fourth-order valence-corrected chi connectivity index (χ4v) is 4.46. The van der Waals surface area contributed by atoms with Crippen LogP contribution < -0.4 is 0 Å². The van der Waals surface area contributed by atoms with Crippen molar-refractivity contribution >= 4 is 0 Å². The van der Waals surface area contributed by atoms with Gasteiger partial charge in [-0.25, -0.2) is 0 Å². The predicted molar refractivity (Wildman–Crippen MR) is 75.5 cm³/mol. The molecule has 5 N–H and O–H groups in total. The van der Waals surface area contributed by atoms with Crippen LogP contribution in [0, 0.1) is 11.8 Å². The molecule has 3 saturated heterocycles. The monoisotopic (exact) mass is 348 g/mol. The number of ether oxygens (including phenoxy) is 4. The van der Waals surface area contributed by atoms with Crippen molar-refractivity contribution in [2.75, 3.05) is 19.8 Å². The molecule has 0 unspecified atom stereocenters. The van der Waals surface area contributed by atoms with Gasteiger partial charge < -0.3 is 44.5 Å². The number of aliphatic hydroxyl groups is 5. The van der Waals surface area contributed by atoms with E-state index in [1.54, 1.807) is 0 Å².